The average molecular weight is 388 g/mol. The largest absolute Gasteiger partial charge is 0.493 e. The Bertz CT molecular complexity index is 981. The number of rotatable bonds is 5. The maximum atomic E-state index is 5.95. The smallest absolute Gasteiger partial charge is 0.133 e. The number of piperidine rings is 1. The number of nitrogens with zero attached hydrogens (tertiary/aromatic N) is 2. The highest BCUT2D eigenvalue weighted by atomic mass is 16.5. The van der Waals surface area contributed by atoms with Crippen molar-refractivity contribution in [3.8, 4) is 5.75 Å². The highest BCUT2D eigenvalue weighted by Gasteiger charge is 2.20. The lowest BCUT2D eigenvalue weighted by atomic mass is 9.96. The molecule has 1 N–H and O–H groups in total. The maximum Gasteiger partial charge on any atom is 0.133 e. The molecule has 150 valence electrons. The number of para-hydroxylation sites is 2. The van der Waals surface area contributed by atoms with Crippen molar-refractivity contribution in [2.24, 2.45) is 5.92 Å². The molecule has 0 radical (unpaired) electrons. The first-order chi connectivity index (χ1) is 14.4. The third-order valence-electron chi connectivity index (χ3n) is 6.14. The van der Waals surface area contributed by atoms with Crippen molar-refractivity contribution >= 4 is 16.7 Å². The predicted octanol–water partition coefficient (Wildman–Crippen LogP) is 4.57. The van der Waals surface area contributed by atoms with Crippen LogP contribution in [0.25, 0.3) is 10.9 Å². The van der Waals surface area contributed by atoms with Gasteiger partial charge >= 0.3 is 0 Å². The van der Waals surface area contributed by atoms with Crippen molar-refractivity contribution in [3.63, 3.8) is 0 Å². The van der Waals surface area contributed by atoms with E-state index in [0.29, 0.717) is 5.92 Å². The zero-order valence-electron chi connectivity index (χ0n) is 16.9. The molecule has 5 rings (SSSR count). The van der Waals surface area contributed by atoms with Crippen molar-refractivity contribution in [2.75, 3.05) is 31.1 Å². The van der Waals surface area contributed by atoms with Crippen LogP contribution in [-0.4, -0.2) is 31.2 Å². The molecule has 0 amide bonds. The molecule has 1 fully saturated rings. The summed E-state index contributed by atoms with van der Waals surface area (Å²) in [4.78, 5) is 7.53. The first-order valence-corrected chi connectivity index (χ1v) is 10.9. The predicted molar refractivity (Wildman–Crippen MR) is 119 cm³/mol. The van der Waals surface area contributed by atoms with Crippen LogP contribution in [0, 0.1) is 5.92 Å². The van der Waals surface area contributed by atoms with Gasteiger partial charge < -0.3 is 15.0 Å². The van der Waals surface area contributed by atoms with Gasteiger partial charge in [-0.25, -0.2) is 4.98 Å². The van der Waals surface area contributed by atoms with E-state index in [1.165, 1.54) is 41.6 Å². The minimum Gasteiger partial charge on any atom is -0.493 e. The van der Waals surface area contributed by atoms with E-state index in [1.54, 1.807) is 0 Å². The molecule has 2 aliphatic rings. The van der Waals surface area contributed by atoms with Crippen molar-refractivity contribution in [2.45, 2.75) is 32.2 Å². The first kappa shape index (κ1) is 18.4. The summed E-state index contributed by atoms with van der Waals surface area (Å²) < 4.78 is 5.95. The van der Waals surface area contributed by atoms with Crippen molar-refractivity contribution in [1.29, 1.82) is 0 Å². The van der Waals surface area contributed by atoms with Crippen LogP contribution < -0.4 is 15.0 Å². The Morgan fingerprint density at radius 2 is 1.83 bits per heavy atom. The molecule has 4 nitrogen and oxygen atoms in total. The van der Waals surface area contributed by atoms with Crippen molar-refractivity contribution in [3.05, 3.63) is 65.7 Å². The average Bonchev–Trinajstić information content (AvgIpc) is 2.79. The van der Waals surface area contributed by atoms with E-state index in [-0.39, 0.29) is 0 Å². The summed E-state index contributed by atoms with van der Waals surface area (Å²) in [6, 6.07) is 19.2. The summed E-state index contributed by atoms with van der Waals surface area (Å²) in [7, 11) is 0. The third kappa shape index (κ3) is 4.08. The topological polar surface area (TPSA) is 37.4 Å². The molecule has 1 saturated heterocycles. The highest BCUT2D eigenvalue weighted by molar-refractivity contribution is 5.81. The summed E-state index contributed by atoms with van der Waals surface area (Å²) in [5.41, 5.74) is 3.73. The number of anilines is 1. The summed E-state index contributed by atoms with van der Waals surface area (Å²) >= 11 is 0. The fourth-order valence-electron chi connectivity index (χ4n) is 4.59. The normalized spacial score (nSPS) is 19.0. The van der Waals surface area contributed by atoms with Crippen LogP contribution in [0.5, 0.6) is 5.75 Å². The zero-order chi connectivity index (χ0) is 19.5. The molecule has 3 aromatic rings. The Kier molecular flexibility index (Phi) is 5.35. The van der Waals surface area contributed by atoms with Gasteiger partial charge in [0.05, 0.1) is 12.1 Å². The van der Waals surface area contributed by atoms with Gasteiger partial charge in [-0.1, -0.05) is 36.4 Å². The second-order valence-corrected chi connectivity index (χ2v) is 8.33. The molecular weight excluding hydrogens is 358 g/mol. The number of hydrogen-bond donors (Lipinski definition) is 1. The summed E-state index contributed by atoms with van der Waals surface area (Å²) in [5.74, 6) is 2.73. The number of nitrogens with one attached hydrogen (secondary N) is 1. The van der Waals surface area contributed by atoms with Gasteiger partial charge in [-0.3, -0.25) is 0 Å². The molecule has 1 unspecified atom stereocenters. The number of benzene rings is 2. The van der Waals surface area contributed by atoms with E-state index in [4.69, 9.17) is 9.72 Å². The second-order valence-electron chi connectivity index (χ2n) is 8.33. The molecule has 1 aromatic heterocycles. The van der Waals surface area contributed by atoms with Crippen LogP contribution in [-0.2, 0) is 13.0 Å². The van der Waals surface area contributed by atoms with E-state index in [1.807, 2.05) is 6.07 Å². The number of ether oxygens (including phenoxy) is 1. The lowest BCUT2D eigenvalue weighted by molar-refractivity contribution is 0.218. The maximum absolute atomic E-state index is 5.95. The van der Waals surface area contributed by atoms with Crippen LogP contribution in [0.3, 0.4) is 0 Å². The zero-order valence-corrected chi connectivity index (χ0v) is 16.9. The van der Waals surface area contributed by atoms with Gasteiger partial charge in [0, 0.05) is 43.0 Å². The van der Waals surface area contributed by atoms with Gasteiger partial charge in [-0.15, -0.1) is 0 Å². The number of fused-ring (bicyclic) bond motifs is 2. The first-order valence-electron chi connectivity index (χ1n) is 10.9. The standard InChI is InChI=1S/C25H29N3O/c1-6-12-28(13-7-1)25-22(15-20-8-2-4-10-23(20)27-25)17-26-16-19-14-21-9-3-5-11-24(21)29-18-19/h2-5,8-11,15,19,26H,1,6-7,12-14,16-18H2. The minimum atomic E-state index is 0.511. The molecule has 0 aliphatic carbocycles. The van der Waals surface area contributed by atoms with E-state index >= 15 is 0 Å². The Labute approximate surface area is 172 Å². The molecule has 3 heterocycles. The Hall–Kier alpha value is -2.59. The number of pyridine rings is 1. The lowest BCUT2D eigenvalue weighted by Gasteiger charge is -2.30. The fourth-order valence-corrected chi connectivity index (χ4v) is 4.59. The summed E-state index contributed by atoms with van der Waals surface area (Å²) in [5, 5.41) is 4.92. The Morgan fingerprint density at radius 3 is 2.76 bits per heavy atom. The van der Waals surface area contributed by atoms with E-state index in [2.05, 4.69) is 58.7 Å². The van der Waals surface area contributed by atoms with Gasteiger partial charge in [0.1, 0.15) is 11.6 Å². The van der Waals surface area contributed by atoms with E-state index in [0.717, 1.165) is 50.5 Å². The van der Waals surface area contributed by atoms with Crippen LogP contribution in [0.1, 0.15) is 30.4 Å². The van der Waals surface area contributed by atoms with Crippen LogP contribution in [0.2, 0.25) is 0 Å². The molecule has 0 bridgehead atoms. The van der Waals surface area contributed by atoms with E-state index in [9.17, 15) is 0 Å². The van der Waals surface area contributed by atoms with Gasteiger partial charge in [0.25, 0.3) is 0 Å². The van der Waals surface area contributed by atoms with Crippen LogP contribution in [0.15, 0.2) is 54.6 Å². The van der Waals surface area contributed by atoms with Gasteiger partial charge in [0.2, 0.25) is 0 Å². The van der Waals surface area contributed by atoms with Crippen LogP contribution >= 0.6 is 0 Å². The quantitative estimate of drug-likeness (QED) is 0.696. The SMILES string of the molecule is c1ccc2c(c1)CC(CNCc1cc3ccccc3nc1N1CCCCC1)CO2. The van der Waals surface area contributed by atoms with E-state index < -0.39 is 0 Å². The molecule has 1 atom stereocenters. The summed E-state index contributed by atoms with van der Waals surface area (Å²) in [6.07, 6.45) is 4.94. The number of aromatic nitrogens is 1. The summed E-state index contributed by atoms with van der Waals surface area (Å²) in [6.45, 7) is 4.83. The van der Waals surface area contributed by atoms with Gasteiger partial charge in [-0.2, -0.15) is 0 Å². The minimum absolute atomic E-state index is 0.511. The molecule has 0 spiro atoms. The molecule has 0 saturated carbocycles. The Morgan fingerprint density at radius 1 is 1.00 bits per heavy atom. The van der Waals surface area contributed by atoms with Gasteiger partial charge in [-0.05, 0) is 49.4 Å². The monoisotopic (exact) mass is 387 g/mol. The van der Waals surface area contributed by atoms with Crippen LogP contribution in [0.4, 0.5) is 5.82 Å². The highest BCUT2D eigenvalue weighted by Crippen LogP contribution is 2.28. The molecule has 29 heavy (non-hydrogen) atoms. The number of hydrogen-bond acceptors (Lipinski definition) is 4. The third-order valence-corrected chi connectivity index (χ3v) is 6.14. The van der Waals surface area contributed by atoms with Crippen molar-refractivity contribution in [1.82, 2.24) is 10.3 Å². The molecule has 2 aliphatic heterocycles. The lowest BCUT2D eigenvalue weighted by Crippen LogP contribution is -2.33. The molecule has 2 aromatic carbocycles. The second kappa shape index (κ2) is 8.42. The van der Waals surface area contributed by atoms with Crippen molar-refractivity contribution < 1.29 is 4.74 Å². The molecule has 4 heteroatoms. The molecular formula is C25H29N3O. The van der Waals surface area contributed by atoms with Gasteiger partial charge in [0.15, 0.2) is 0 Å². The fraction of sp³-hybridized carbons (Fsp3) is 0.400. The Balaban J connectivity index is 1.30.